The molecular weight excluding hydrogens is 289 g/mol. The maximum Gasteiger partial charge on any atom is 0.256 e. The van der Waals surface area contributed by atoms with Gasteiger partial charge in [0.25, 0.3) is 5.91 Å². The number of nitrogens with one attached hydrogen (secondary N) is 1. The fraction of sp³-hybridized carbons (Fsp3) is 0.429. The van der Waals surface area contributed by atoms with E-state index in [1.165, 1.54) is 23.5 Å². The number of nitrogens with zero attached hydrogens (tertiary/aromatic N) is 4. The van der Waals surface area contributed by atoms with Crippen LogP contribution in [0, 0.1) is 5.82 Å². The molecule has 2 aromatic rings. The van der Waals surface area contributed by atoms with Crippen molar-refractivity contribution in [2.24, 2.45) is 0 Å². The third-order valence-corrected chi connectivity index (χ3v) is 3.80. The smallest absolute Gasteiger partial charge is 0.256 e. The van der Waals surface area contributed by atoms with Crippen LogP contribution >= 0.6 is 0 Å². The summed E-state index contributed by atoms with van der Waals surface area (Å²) in [7, 11) is 1.63. The topological polar surface area (TPSA) is 84.0 Å². The predicted octanol–water partition coefficient (Wildman–Crippen LogP) is 0.983. The van der Waals surface area contributed by atoms with Crippen LogP contribution in [0.15, 0.2) is 24.8 Å². The maximum atomic E-state index is 13.6. The quantitative estimate of drug-likeness (QED) is 0.910. The highest BCUT2D eigenvalue weighted by atomic mass is 19.1. The van der Waals surface area contributed by atoms with Crippen molar-refractivity contribution in [1.29, 1.82) is 0 Å². The normalized spacial score (nSPS) is 21.0. The van der Waals surface area contributed by atoms with Gasteiger partial charge >= 0.3 is 0 Å². The Bertz CT molecular complexity index is 648. The van der Waals surface area contributed by atoms with Gasteiger partial charge in [0.05, 0.1) is 17.9 Å². The predicted molar refractivity (Wildman–Crippen MR) is 74.6 cm³/mol. The molecule has 1 N–H and O–H groups in total. The number of aromatic nitrogens is 4. The Morgan fingerprint density at radius 1 is 1.59 bits per heavy atom. The van der Waals surface area contributed by atoms with Gasteiger partial charge in [-0.3, -0.25) is 14.9 Å². The molecule has 0 aromatic carbocycles. The van der Waals surface area contributed by atoms with Gasteiger partial charge < -0.3 is 9.64 Å². The lowest BCUT2D eigenvalue weighted by Crippen LogP contribution is -2.36. The van der Waals surface area contributed by atoms with E-state index in [-0.39, 0.29) is 17.6 Å². The van der Waals surface area contributed by atoms with Gasteiger partial charge in [-0.25, -0.2) is 9.37 Å². The first-order valence-corrected chi connectivity index (χ1v) is 6.98. The molecular formula is C14H16FN5O2. The lowest BCUT2D eigenvalue weighted by molar-refractivity contribution is 0.0547. The summed E-state index contributed by atoms with van der Waals surface area (Å²) in [6.45, 7) is 0.952. The number of pyridine rings is 1. The Labute approximate surface area is 126 Å². The van der Waals surface area contributed by atoms with Gasteiger partial charge in [0.15, 0.2) is 5.82 Å². The molecule has 1 amide bonds. The van der Waals surface area contributed by atoms with Crippen molar-refractivity contribution >= 4 is 5.91 Å². The lowest BCUT2D eigenvalue weighted by Gasteiger charge is -2.24. The minimum Gasteiger partial charge on any atom is -0.376 e. The van der Waals surface area contributed by atoms with Gasteiger partial charge in [-0.15, -0.1) is 0 Å². The van der Waals surface area contributed by atoms with Crippen molar-refractivity contribution in [1.82, 2.24) is 25.1 Å². The average molecular weight is 305 g/mol. The number of rotatable bonds is 4. The van der Waals surface area contributed by atoms with Gasteiger partial charge in [-0.1, -0.05) is 0 Å². The van der Waals surface area contributed by atoms with Crippen LogP contribution in [-0.4, -0.2) is 57.3 Å². The summed E-state index contributed by atoms with van der Waals surface area (Å²) in [5.74, 6) is -0.219. The second kappa shape index (κ2) is 6.18. The summed E-state index contributed by atoms with van der Waals surface area (Å²) in [6, 6.07) is 1.37. The first-order chi connectivity index (χ1) is 10.7. The molecule has 22 heavy (non-hydrogen) atoms. The largest absolute Gasteiger partial charge is 0.376 e. The molecule has 8 heteroatoms. The molecule has 0 radical (unpaired) electrons. The highest BCUT2D eigenvalue weighted by molar-refractivity contribution is 5.94. The summed E-state index contributed by atoms with van der Waals surface area (Å²) < 4.78 is 19.3. The van der Waals surface area contributed by atoms with E-state index >= 15 is 0 Å². The van der Waals surface area contributed by atoms with Crippen LogP contribution in [0.3, 0.4) is 0 Å². The number of hydrogen-bond acceptors (Lipinski definition) is 5. The van der Waals surface area contributed by atoms with E-state index in [0.717, 1.165) is 18.4 Å². The molecule has 0 bridgehead atoms. The fourth-order valence-electron chi connectivity index (χ4n) is 2.64. The number of ether oxygens (including phenoxy) is 1. The molecule has 0 aliphatic carbocycles. The monoisotopic (exact) mass is 305 g/mol. The minimum absolute atomic E-state index is 0.00622. The van der Waals surface area contributed by atoms with Crippen LogP contribution in [0.1, 0.15) is 28.5 Å². The summed E-state index contributed by atoms with van der Waals surface area (Å²) in [6.07, 6.45) is 4.50. The third kappa shape index (κ3) is 2.82. The number of carbonyl (C=O) groups excluding carboxylic acids is 1. The summed E-state index contributed by atoms with van der Waals surface area (Å²) in [5.41, 5.74) is 0.00622. The Morgan fingerprint density at radius 2 is 2.45 bits per heavy atom. The summed E-state index contributed by atoms with van der Waals surface area (Å²) in [4.78, 5) is 21.6. The number of amides is 1. The molecule has 116 valence electrons. The highest BCUT2D eigenvalue weighted by Gasteiger charge is 2.33. The zero-order valence-electron chi connectivity index (χ0n) is 12.1. The molecule has 3 rings (SSSR count). The number of halogens is 1. The minimum atomic E-state index is -0.626. The van der Waals surface area contributed by atoms with E-state index in [0.29, 0.717) is 13.2 Å². The maximum absolute atomic E-state index is 13.6. The lowest BCUT2D eigenvalue weighted by atomic mass is 10.0. The molecule has 1 aliphatic rings. The molecule has 1 aliphatic heterocycles. The van der Waals surface area contributed by atoms with E-state index in [1.807, 2.05) is 0 Å². The second-order valence-electron chi connectivity index (χ2n) is 5.22. The van der Waals surface area contributed by atoms with Crippen molar-refractivity contribution in [3.8, 4) is 0 Å². The van der Waals surface area contributed by atoms with Gasteiger partial charge in [-0.2, -0.15) is 5.10 Å². The average Bonchev–Trinajstić information content (AvgIpc) is 3.17. The molecule has 0 spiro atoms. The number of hydrogen-bond donors (Lipinski definition) is 1. The van der Waals surface area contributed by atoms with Crippen molar-refractivity contribution in [2.75, 3.05) is 20.2 Å². The van der Waals surface area contributed by atoms with Gasteiger partial charge in [-0.05, 0) is 12.5 Å². The summed E-state index contributed by atoms with van der Waals surface area (Å²) in [5, 5.41) is 6.69. The third-order valence-electron chi connectivity index (χ3n) is 3.80. The Kier molecular flexibility index (Phi) is 4.10. The number of H-pyrrole nitrogens is 1. The number of carbonyl (C=O) groups is 1. The molecule has 2 aromatic heterocycles. The fourth-order valence-corrected chi connectivity index (χ4v) is 2.64. The zero-order valence-corrected chi connectivity index (χ0v) is 12.1. The van der Waals surface area contributed by atoms with E-state index in [2.05, 4.69) is 20.2 Å². The van der Waals surface area contributed by atoms with Crippen molar-refractivity contribution in [2.45, 2.75) is 18.4 Å². The molecule has 1 fully saturated rings. The second-order valence-corrected chi connectivity index (χ2v) is 5.22. The Hall–Kier alpha value is -2.35. The van der Waals surface area contributed by atoms with E-state index in [9.17, 15) is 9.18 Å². The van der Waals surface area contributed by atoms with Crippen LogP contribution in [0.4, 0.5) is 4.39 Å². The molecule has 3 heterocycles. The molecule has 2 atom stereocenters. The SMILES string of the molecule is CN(C[C@H]1OCC[C@H]1c1ncn[nH]1)C(=O)c1ccncc1F. The van der Waals surface area contributed by atoms with Crippen LogP contribution in [-0.2, 0) is 4.74 Å². The van der Waals surface area contributed by atoms with Crippen LogP contribution in [0.25, 0.3) is 0 Å². The summed E-state index contributed by atoms with van der Waals surface area (Å²) >= 11 is 0. The van der Waals surface area contributed by atoms with E-state index in [1.54, 1.807) is 7.05 Å². The molecule has 1 saturated heterocycles. The molecule has 0 saturated carbocycles. The standard InChI is InChI=1S/C14H16FN5O2/c1-20(14(21)9-2-4-16-6-11(9)15)7-12-10(3-5-22-12)13-17-8-18-19-13/h2,4,6,8,10,12H,3,5,7H2,1H3,(H,17,18,19)/t10-,12-/m1/s1. The molecule has 7 nitrogen and oxygen atoms in total. The number of likely N-dealkylation sites (N-methyl/N-ethyl adjacent to an activating group) is 1. The van der Waals surface area contributed by atoms with Crippen LogP contribution in [0.5, 0.6) is 0 Å². The zero-order chi connectivity index (χ0) is 15.5. The van der Waals surface area contributed by atoms with Crippen molar-refractivity contribution in [3.63, 3.8) is 0 Å². The van der Waals surface area contributed by atoms with Gasteiger partial charge in [0.2, 0.25) is 0 Å². The van der Waals surface area contributed by atoms with E-state index in [4.69, 9.17) is 4.74 Å². The van der Waals surface area contributed by atoms with Gasteiger partial charge in [0.1, 0.15) is 12.2 Å². The van der Waals surface area contributed by atoms with E-state index < -0.39 is 11.7 Å². The van der Waals surface area contributed by atoms with Crippen molar-refractivity contribution < 1.29 is 13.9 Å². The van der Waals surface area contributed by atoms with Crippen molar-refractivity contribution in [3.05, 3.63) is 42.0 Å². The Balaban J connectivity index is 1.70. The highest BCUT2D eigenvalue weighted by Crippen LogP contribution is 2.29. The first kappa shape index (κ1) is 14.6. The van der Waals surface area contributed by atoms with Crippen LogP contribution in [0.2, 0.25) is 0 Å². The Morgan fingerprint density at radius 3 is 3.18 bits per heavy atom. The number of aromatic amines is 1. The molecule has 0 unspecified atom stereocenters. The van der Waals surface area contributed by atoms with Gasteiger partial charge in [0, 0.05) is 32.3 Å². The van der Waals surface area contributed by atoms with Crippen LogP contribution < -0.4 is 0 Å². The first-order valence-electron chi connectivity index (χ1n) is 6.98.